The van der Waals surface area contributed by atoms with E-state index in [4.69, 9.17) is 12.2 Å². The fourth-order valence-corrected chi connectivity index (χ4v) is 2.19. The number of rotatable bonds is 3. The average Bonchev–Trinajstić information content (AvgIpc) is 2.52. The van der Waals surface area contributed by atoms with Gasteiger partial charge in [0.1, 0.15) is 5.82 Å². The Balaban J connectivity index is 2.51. The highest BCUT2D eigenvalue weighted by Gasteiger charge is 2.08. The van der Waals surface area contributed by atoms with E-state index in [1.165, 1.54) is 6.07 Å². The van der Waals surface area contributed by atoms with Crippen molar-refractivity contribution in [2.45, 2.75) is 33.7 Å². The van der Waals surface area contributed by atoms with Crippen LogP contribution in [0.1, 0.15) is 25.8 Å². The molecule has 1 heterocycles. The van der Waals surface area contributed by atoms with Crippen molar-refractivity contribution in [1.82, 2.24) is 9.55 Å². The monoisotopic (exact) mass is 252 g/mol. The molecule has 0 spiro atoms. The molecule has 2 nitrogen and oxygen atoms in total. The van der Waals surface area contributed by atoms with Gasteiger partial charge in [0.15, 0.2) is 4.77 Å². The number of hydrogen-bond acceptors (Lipinski definition) is 1. The Kier molecular flexibility index (Phi) is 3.33. The minimum absolute atomic E-state index is 0.190. The smallest absolute Gasteiger partial charge is 0.178 e. The minimum Gasteiger partial charge on any atom is -0.330 e. The number of imidazole rings is 1. The lowest BCUT2D eigenvalue weighted by Crippen LogP contribution is -2.01. The van der Waals surface area contributed by atoms with Gasteiger partial charge >= 0.3 is 0 Å². The quantitative estimate of drug-likeness (QED) is 0.812. The lowest BCUT2D eigenvalue weighted by molar-refractivity contribution is 0.520. The van der Waals surface area contributed by atoms with Gasteiger partial charge in [0.25, 0.3) is 0 Å². The van der Waals surface area contributed by atoms with E-state index in [1.807, 2.05) is 6.07 Å². The normalized spacial score (nSPS) is 11.6. The molecule has 0 amide bonds. The summed E-state index contributed by atoms with van der Waals surface area (Å²) in [6.45, 7) is 7.02. The number of aromatic nitrogens is 2. The number of aryl methyl sites for hydroxylation is 2. The van der Waals surface area contributed by atoms with E-state index in [0.717, 1.165) is 24.0 Å². The molecule has 2 rings (SSSR count). The summed E-state index contributed by atoms with van der Waals surface area (Å²) in [5.74, 6) is 0.438. The SMILES string of the molecule is Cc1cc2c(cc1F)[nH]c(=S)n2CCC(C)C. The van der Waals surface area contributed by atoms with Crippen LogP contribution in [0.2, 0.25) is 0 Å². The van der Waals surface area contributed by atoms with Gasteiger partial charge in [-0.05, 0) is 49.2 Å². The predicted octanol–water partition coefficient (Wildman–Crippen LogP) is 4.19. The van der Waals surface area contributed by atoms with Gasteiger partial charge < -0.3 is 9.55 Å². The molecule has 4 heteroatoms. The van der Waals surface area contributed by atoms with Gasteiger partial charge in [-0.2, -0.15) is 0 Å². The first-order valence-electron chi connectivity index (χ1n) is 5.87. The maximum atomic E-state index is 13.4. The topological polar surface area (TPSA) is 20.7 Å². The van der Waals surface area contributed by atoms with Crippen LogP contribution in [0.4, 0.5) is 4.39 Å². The van der Waals surface area contributed by atoms with E-state index in [9.17, 15) is 4.39 Å². The zero-order valence-corrected chi connectivity index (χ0v) is 11.2. The van der Waals surface area contributed by atoms with Crippen molar-refractivity contribution in [3.05, 3.63) is 28.3 Å². The van der Waals surface area contributed by atoms with E-state index in [0.29, 0.717) is 16.3 Å². The average molecular weight is 252 g/mol. The fraction of sp³-hybridized carbons (Fsp3) is 0.462. The summed E-state index contributed by atoms with van der Waals surface area (Å²) in [6.07, 6.45) is 1.07. The molecule has 17 heavy (non-hydrogen) atoms. The largest absolute Gasteiger partial charge is 0.330 e. The number of hydrogen-bond donors (Lipinski definition) is 1. The van der Waals surface area contributed by atoms with E-state index >= 15 is 0 Å². The molecule has 1 N–H and O–H groups in total. The van der Waals surface area contributed by atoms with Crippen molar-refractivity contribution in [3.63, 3.8) is 0 Å². The Hall–Kier alpha value is -1.16. The van der Waals surface area contributed by atoms with Crippen molar-refractivity contribution in [3.8, 4) is 0 Å². The first-order chi connectivity index (χ1) is 7.99. The maximum absolute atomic E-state index is 13.4. The molecule has 92 valence electrons. The summed E-state index contributed by atoms with van der Waals surface area (Å²) < 4.78 is 16.2. The highest BCUT2D eigenvalue weighted by atomic mass is 32.1. The third-order valence-electron chi connectivity index (χ3n) is 2.98. The molecule has 0 atom stereocenters. The molecule has 0 aliphatic heterocycles. The van der Waals surface area contributed by atoms with Gasteiger partial charge in [0.05, 0.1) is 11.0 Å². The summed E-state index contributed by atoms with van der Waals surface area (Å²) in [4.78, 5) is 3.06. The maximum Gasteiger partial charge on any atom is 0.178 e. The molecule has 1 aromatic carbocycles. The van der Waals surface area contributed by atoms with Crippen molar-refractivity contribution < 1.29 is 4.39 Å². The molecule has 1 aromatic heterocycles. The number of nitrogens with one attached hydrogen (secondary N) is 1. The number of halogens is 1. The Labute approximate surface area is 105 Å². The summed E-state index contributed by atoms with van der Waals surface area (Å²) in [5.41, 5.74) is 2.43. The molecule has 0 radical (unpaired) electrons. The molecule has 2 aromatic rings. The first-order valence-corrected chi connectivity index (χ1v) is 6.28. The number of benzene rings is 1. The third-order valence-corrected chi connectivity index (χ3v) is 3.31. The summed E-state index contributed by atoms with van der Waals surface area (Å²) in [6, 6.07) is 3.38. The first kappa shape index (κ1) is 12.3. The molecule has 0 aliphatic rings. The van der Waals surface area contributed by atoms with Crippen LogP contribution in [0.5, 0.6) is 0 Å². The van der Waals surface area contributed by atoms with Gasteiger partial charge in [-0.3, -0.25) is 0 Å². The standard InChI is InChI=1S/C13H17FN2S/c1-8(2)4-5-16-12-6-9(3)10(14)7-11(12)15-13(16)17/h6-8H,4-5H2,1-3H3,(H,15,17). The van der Waals surface area contributed by atoms with Crippen LogP contribution in [-0.4, -0.2) is 9.55 Å². The van der Waals surface area contributed by atoms with Gasteiger partial charge in [-0.15, -0.1) is 0 Å². The summed E-state index contributed by atoms with van der Waals surface area (Å²) in [7, 11) is 0. The van der Waals surface area contributed by atoms with Crippen LogP contribution in [0.3, 0.4) is 0 Å². The lowest BCUT2D eigenvalue weighted by atomic mass is 10.1. The highest BCUT2D eigenvalue weighted by molar-refractivity contribution is 7.71. The minimum atomic E-state index is -0.190. The van der Waals surface area contributed by atoms with Crippen molar-refractivity contribution in [2.24, 2.45) is 5.92 Å². The number of H-pyrrole nitrogens is 1. The van der Waals surface area contributed by atoms with Crippen LogP contribution in [0.15, 0.2) is 12.1 Å². The number of fused-ring (bicyclic) bond motifs is 1. The number of aromatic amines is 1. The lowest BCUT2D eigenvalue weighted by Gasteiger charge is -2.07. The van der Waals surface area contributed by atoms with Gasteiger partial charge in [0.2, 0.25) is 0 Å². The molecular formula is C13H17FN2S. The van der Waals surface area contributed by atoms with Gasteiger partial charge in [0, 0.05) is 6.54 Å². The molecule has 0 fully saturated rings. The van der Waals surface area contributed by atoms with Gasteiger partial charge in [-0.1, -0.05) is 13.8 Å². The zero-order valence-electron chi connectivity index (χ0n) is 10.4. The second-order valence-electron chi connectivity index (χ2n) is 4.88. The van der Waals surface area contributed by atoms with Crippen LogP contribution >= 0.6 is 12.2 Å². The van der Waals surface area contributed by atoms with Crippen molar-refractivity contribution >= 4 is 23.3 Å². The van der Waals surface area contributed by atoms with Crippen LogP contribution in [0, 0.1) is 23.4 Å². The van der Waals surface area contributed by atoms with Crippen molar-refractivity contribution in [1.29, 1.82) is 0 Å². The van der Waals surface area contributed by atoms with Crippen LogP contribution in [0.25, 0.3) is 11.0 Å². The molecule has 0 aliphatic carbocycles. The Morgan fingerprint density at radius 1 is 1.41 bits per heavy atom. The van der Waals surface area contributed by atoms with Gasteiger partial charge in [-0.25, -0.2) is 4.39 Å². The second kappa shape index (κ2) is 4.61. The highest BCUT2D eigenvalue weighted by Crippen LogP contribution is 2.19. The fourth-order valence-electron chi connectivity index (χ4n) is 1.89. The van der Waals surface area contributed by atoms with E-state index in [-0.39, 0.29) is 5.82 Å². The Bertz CT molecular complexity index is 595. The third kappa shape index (κ3) is 2.41. The van der Waals surface area contributed by atoms with Crippen LogP contribution in [-0.2, 0) is 6.54 Å². The van der Waals surface area contributed by atoms with Crippen molar-refractivity contribution in [2.75, 3.05) is 0 Å². The van der Waals surface area contributed by atoms with Crippen LogP contribution < -0.4 is 0 Å². The Morgan fingerprint density at radius 2 is 2.12 bits per heavy atom. The summed E-state index contributed by atoms with van der Waals surface area (Å²) >= 11 is 5.28. The molecular weight excluding hydrogens is 235 g/mol. The predicted molar refractivity (Wildman–Crippen MR) is 71.3 cm³/mol. The van der Waals surface area contributed by atoms with E-state index < -0.39 is 0 Å². The Morgan fingerprint density at radius 3 is 2.76 bits per heavy atom. The molecule has 0 bridgehead atoms. The molecule has 0 unspecified atom stereocenters. The molecule has 0 saturated carbocycles. The van der Waals surface area contributed by atoms with E-state index in [2.05, 4.69) is 23.4 Å². The zero-order chi connectivity index (χ0) is 12.6. The van der Waals surface area contributed by atoms with E-state index in [1.54, 1.807) is 6.92 Å². The molecule has 0 saturated heterocycles. The second-order valence-corrected chi connectivity index (χ2v) is 5.27. The number of nitrogens with zero attached hydrogens (tertiary/aromatic N) is 1. The summed E-state index contributed by atoms with van der Waals surface area (Å²) in [5, 5.41) is 0.